The molecule has 1 aromatic heterocycles. The molecule has 1 aliphatic rings. The Bertz CT molecular complexity index is 880. The lowest BCUT2D eigenvalue weighted by Crippen LogP contribution is -2.65. The van der Waals surface area contributed by atoms with Crippen LogP contribution in [0.15, 0.2) is 29.8 Å². The quantitative estimate of drug-likeness (QED) is 0.780. The first-order valence-corrected chi connectivity index (χ1v) is 10.4. The molecule has 7 nitrogen and oxygen atoms in total. The standard InChI is InChI=1S/C21H27N3O4S/c1-14-18(29-13-23-14)16-7-5-15(6-8-16)10-22-17(25)9-21(27)11-24(12-21)19(26)28-20(2,3)4/h5-8,13,27H,9-12H2,1-4H3,(H,22,25). The number of carbonyl (C=O) groups excluding carboxylic acids is 2. The van der Waals surface area contributed by atoms with Crippen molar-refractivity contribution in [2.75, 3.05) is 13.1 Å². The van der Waals surface area contributed by atoms with Crippen LogP contribution in [0.5, 0.6) is 0 Å². The Hall–Kier alpha value is -2.45. The summed E-state index contributed by atoms with van der Waals surface area (Å²) in [6.45, 7) is 7.91. The van der Waals surface area contributed by atoms with E-state index < -0.39 is 17.3 Å². The van der Waals surface area contributed by atoms with Gasteiger partial charge >= 0.3 is 6.09 Å². The van der Waals surface area contributed by atoms with Gasteiger partial charge in [0, 0.05) is 6.54 Å². The van der Waals surface area contributed by atoms with Crippen LogP contribution in [0.25, 0.3) is 10.4 Å². The van der Waals surface area contributed by atoms with E-state index >= 15 is 0 Å². The lowest BCUT2D eigenvalue weighted by molar-refractivity contribution is -0.138. The van der Waals surface area contributed by atoms with Crippen molar-refractivity contribution < 1.29 is 19.4 Å². The summed E-state index contributed by atoms with van der Waals surface area (Å²) in [4.78, 5) is 31.0. The van der Waals surface area contributed by atoms with E-state index in [9.17, 15) is 14.7 Å². The Balaban J connectivity index is 1.45. The van der Waals surface area contributed by atoms with Gasteiger partial charge in [-0.3, -0.25) is 4.79 Å². The average Bonchev–Trinajstić information content (AvgIpc) is 3.02. The first kappa shape index (κ1) is 21.3. The molecule has 2 heterocycles. The molecule has 1 aromatic carbocycles. The number of amides is 2. The van der Waals surface area contributed by atoms with Crippen molar-refractivity contribution in [2.45, 2.75) is 51.9 Å². The van der Waals surface area contributed by atoms with Gasteiger partial charge < -0.3 is 20.1 Å². The van der Waals surface area contributed by atoms with Crippen LogP contribution < -0.4 is 5.32 Å². The van der Waals surface area contributed by atoms with Gasteiger partial charge in [-0.15, -0.1) is 11.3 Å². The van der Waals surface area contributed by atoms with Crippen LogP contribution in [0.2, 0.25) is 0 Å². The summed E-state index contributed by atoms with van der Waals surface area (Å²) >= 11 is 1.60. The second-order valence-electron chi connectivity index (χ2n) is 8.48. The zero-order valence-electron chi connectivity index (χ0n) is 17.2. The van der Waals surface area contributed by atoms with Gasteiger partial charge in [0.15, 0.2) is 0 Å². The fourth-order valence-electron chi connectivity index (χ4n) is 3.15. The van der Waals surface area contributed by atoms with Gasteiger partial charge in [-0.25, -0.2) is 9.78 Å². The molecule has 1 fully saturated rings. The van der Waals surface area contributed by atoms with E-state index in [1.165, 1.54) is 4.90 Å². The molecule has 0 unspecified atom stereocenters. The highest BCUT2D eigenvalue weighted by molar-refractivity contribution is 7.13. The number of hydrogen-bond acceptors (Lipinski definition) is 6. The summed E-state index contributed by atoms with van der Waals surface area (Å²) in [6, 6.07) is 7.97. The summed E-state index contributed by atoms with van der Waals surface area (Å²) in [5.74, 6) is -0.251. The summed E-state index contributed by atoms with van der Waals surface area (Å²) in [6.07, 6.45) is -0.524. The van der Waals surface area contributed by atoms with E-state index in [2.05, 4.69) is 10.3 Å². The zero-order chi connectivity index (χ0) is 21.2. The molecule has 156 valence electrons. The van der Waals surface area contributed by atoms with E-state index in [0.717, 1.165) is 21.7 Å². The van der Waals surface area contributed by atoms with Crippen molar-refractivity contribution in [1.29, 1.82) is 0 Å². The Morgan fingerprint density at radius 2 is 1.93 bits per heavy atom. The molecular weight excluding hydrogens is 390 g/mol. The fraction of sp³-hybridized carbons (Fsp3) is 0.476. The Kier molecular flexibility index (Phi) is 5.95. The second-order valence-corrected chi connectivity index (χ2v) is 9.33. The lowest BCUT2D eigenvalue weighted by Gasteiger charge is -2.45. The smallest absolute Gasteiger partial charge is 0.410 e. The minimum atomic E-state index is -1.20. The molecule has 0 aliphatic carbocycles. The number of nitrogens with zero attached hydrogens (tertiary/aromatic N) is 2. The molecule has 3 rings (SSSR count). The van der Waals surface area contributed by atoms with Crippen molar-refractivity contribution in [3.63, 3.8) is 0 Å². The normalized spacial score (nSPS) is 15.6. The maximum Gasteiger partial charge on any atom is 0.410 e. The molecule has 8 heteroatoms. The van der Waals surface area contributed by atoms with E-state index in [4.69, 9.17) is 4.74 Å². The number of thiazole rings is 1. The first-order chi connectivity index (χ1) is 13.5. The number of β-amino-alcohol motifs (C(OH)–C–C–N with tert-alkyl or cyclic N) is 1. The highest BCUT2D eigenvalue weighted by atomic mass is 32.1. The number of likely N-dealkylation sites (tertiary alicyclic amines) is 1. The number of rotatable bonds is 5. The van der Waals surface area contributed by atoms with Crippen molar-refractivity contribution in [1.82, 2.24) is 15.2 Å². The molecule has 0 saturated carbocycles. The molecular formula is C21H27N3O4S. The van der Waals surface area contributed by atoms with Crippen LogP contribution >= 0.6 is 11.3 Å². The monoisotopic (exact) mass is 417 g/mol. The van der Waals surface area contributed by atoms with Crippen LogP contribution in [-0.2, 0) is 16.1 Å². The highest BCUT2D eigenvalue weighted by Gasteiger charge is 2.46. The molecule has 0 radical (unpaired) electrons. The number of aryl methyl sites for hydroxylation is 1. The number of aliphatic hydroxyl groups is 1. The number of ether oxygens (including phenoxy) is 1. The lowest BCUT2D eigenvalue weighted by atomic mass is 9.90. The van der Waals surface area contributed by atoms with E-state index in [-0.39, 0.29) is 25.4 Å². The molecule has 0 atom stereocenters. The summed E-state index contributed by atoms with van der Waals surface area (Å²) in [5.41, 5.74) is 3.12. The maximum absolute atomic E-state index is 12.2. The molecule has 0 bridgehead atoms. The van der Waals surface area contributed by atoms with Crippen molar-refractivity contribution in [3.05, 3.63) is 41.0 Å². The maximum atomic E-state index is 12.2. The molecule has 2 N–H and O–H groups in total. The predicted octanol–water partition coefficient (Wildman–Crippen LogP) is 3.11. The van der Waals surface area contributed by atoms with E-state index in [0.29, 0.717) is 6.54 Å². The third-order valence-corrected chi connectivity index (χ3v) is 5.54. The zero-order valence-corrected chi connectivity index (χ0v) is 18.0. The average molecular weight is 418 g/mol. The van der Waals surface area contributed by atoms with E-state index in [1.54, 1.807) is 32.1 Å². The van der Waals surface area contributed by atoms with Crippen molar-refractivity contribution in [2.24, 2.45) is 0 Å². The van der Waals surface area contributed by atoms with Gasteiger partial charge in [0.25, 0.3) is 0 Å². The summed E-state index contributed by atoms with van der Waals surface area (Å²) in [7, 11) is 0. The van der Waals surface area contributed by atoms with E-state index in [1.807, 2.05) is 36.7 Å². The molecule has 29 heavy (non-hydrogen) atoms. The van der Waals surface area contributed by atoms with Crippen molar-refractivity contribution in [3.8, 4) is 10.4 Å². The third kappa shape index (κ3) is 5.55. The Morgan fingerprint density at radius 3 is 2.48 bits per heavy atom. The molecule has 1 saturated heterocycles. The number of carbonyl (C=O) groups is 2. The van der Waals surface area contributed by atoms with Gasteiger partial charge in [0.1, 0.15) is 11.2 Å². The van der Waals surface area contributed by atoms with Crippen LogP contribution in [0, 0.1) is 6.92 Å². The SMILES string of the molecule is Cc1ncsc1-c1ccc(CNC(=O)CC2(O)CN(C(=O)OC(C)(C)C)C2)cc1. The van der Waals surface area contributed by atoms with Crippen LogP contribution in [0.4, 0.5) is 4.79 Å². The Morgan fingerprint density at radius 1 is 1.28 bits per heavy atom. The highest BCUT2D eigenvalue weighted by Crippen LogP contribution is 2.28. The minimum absolute atomic E-state index is 0.0511. The van der Waals surface area contributed by atoms with Crippen molar-refractivity contribution >= 4 is 23.3 Å². The van der Waals surface area contributed by atoms with Gasteiger partial charge in [0.2, 0.25) is 5.91 Å². The number of aromatic nitrogens is 1. The molecule has 2 amide bonds. The minimum Gasteiger partial charge on any atom is -0.444 e. The largest absolute Gasteiger partial charge is 0.444 e. The number of benzene rings is 1. The second kappa shape index (κ2) is 8.12. The number of hydrogen-bond donors (Lipinski definition) is 2. The van der Waals surface area contributed by atoms with Gasteiger partial charge in [-0.05, 0) is 38.8 Å². The molecule has 0 spiro atoms. The molecule has 1 aliphatic heterocycles. The number of nitrogens with one attached hydrogen (secondary N) is 1. The Labute approximate surface area is 174 Å². The fourth-order valence-corrected chi connectivity index (χ4v) is 3.96. The topological polar surface area (TPSA) is 91.8 Å². The molecule has 2 aromatic rings. The van der Waals surface area contributed by atoms with Gasteiger partial charge in [-0.2, -0.15) is 0 Å². The third-order valence-electron chi connectivity index (χ3n) is 4.56. The predicted molar refractivity (Wildman–Crippen MR) is 112 cm³/mol. The van der Waals surface area contributed by atoms with Gasteiger partial charge in [0.05, 0.1) is 35.6 Å². The first-order valence-electron chi connectivity index (χ1n) is 9.51. The van der Waals surface area contributed by atoms with Crippen LogP contribution in [0.1, 0.15) is 38.4 Å². The van der Waals surface area contributed by atoms with Crippen LogP contribution in [-0.4, -0.2) is 51.3 Å². The van der Waals surface area contributed by atoms with Crippen LogP contribution in [0.3, 0.4) is 0 Å². The van der Waals surface area contributed by atoms with Gasteiger partial charge in [-0.1, -0.05) is 24.3 Å². The summed E-state index contributed by atoms with van der Waals surface area (Å²) in [5, 5.41) is 13.3. The summed E-state index contributed by atoms with van der Waals surface area (Å²) < 4.78 is 5.26.